The van der Waals surface area contributed by atoms with E-state index >= 15 is 0 Å². The van der Waals surface area contributed by atoms with Crippen molar-refractivity contribution in [2.75, 3.05) is 0 Å². The summed E-state index contributed by atoms with van der Waals surface area (Å²) in [6.07, 6.45) is 0. The van der Waals surface area contributed by atoms with Crippen molar-refractivity contribution in [3.8, 4) is 11.5 Å². The molecule has 0 saturated heterocycles. The van der Waals surface area contributed by atoms with Gasteiger partial charge in [-0.15, -0.1) is 8.42 Å². The fourth-order valence-corrected chi connectivity index (χ4v) is 2.08. The zero-order valence-corrected chi connectivity index (χ0v) is 10.8. The van der Waals surface area contributed by atoms with Crippen LogP contribution in [0.4, 0.5) is 5.69 Å². The number of hydrogen-bond acceptors (Lipinski definition) is 6. The number of para-hydroxylation sites is 1. The van der Waals surface area contributed by atoms with Gasteiger partial charge in [-0.05, 0) is 24.3 Å². The average Bonchev–Trinajstić information content (AvgIpc) is 2.39. The first-order valence-electron chi connectivity index (χ1n) is 5.40. The van der Waals surface area contributed by atoms with E-state index in [1.165, 1.54) is 24.3 Å². The molecular formula is C12H9NO6S. The summed E-state index contributed by atoms with van der Waals surface area (Å²) in [5, 5.41) is 10.5. The number of nitro benzene ring substituents is 1. The van der Waals surface area contributed by atoms with Gasteiger partial charge in [0.2, 0.25) is 0 Å². The molecule has 0 aliphatic rings. The summed E-state index contributed by atoms with van der Waals surface area (Å²) in [6, 6.07) is 12.4. The predicted molar refractivity (Wildman–Crippen MR) is 69.7 cm³/mol. The molecule has 0 unspecified atom stereocenters. The van der Waals surface area contributed by atoms with E-state index in [9.17, 15) is 18.5 Å². The minimum atomic E-state index is -4.29. The lowest BCUT2D eigenvalue weighted by Crippen LogP contribution is -2.16. The third-order valence-electron chi connectivity index (χ3n) is 2.19. The highest BCUT2D eigenvalue weighted by Gasteiger charge is 2.16. The summed E-state index contributed by atoms with van der Waals surface area (Å²) in [4.78, 5) is 9.86. The monoisotopic (exact) mass is 298 g/mol. The van der Waals surface area contributed by atoms with E-state index in [1.807, 2.05) is 0 Å². The topological polar surface area (TPSA) is 95.7 Å². The lowest BCUT2D eigenvalue weighted by molar-refractivity contribution is -0.384. The fraction of sp³-hybridized carbons (Fsp3) is 0. The van der Waals surface area contributed by atoms with Gasteiger partial charge in [0.25, 0.3) is 5.69 Å². The van der Waals surface area contributed by atoms with Crippen LogP contribution in [0.1, 0.15) is 0 Å². The number of nitrogens with zero attached hydrogens (tertiary/aromatic N) is 1. The summed E-state index contributed by atoms with van der Waals surface area (Å²) < 4.78 is 32.6. The molecule has 0 saturated carbocycles. The Labute approximate surface area is 114 Å². The summed E-state index contributed by atoms with van der Waals surface area (Å²) in [6.45, 7) is 0. The van der Waals surface area contributed by atoms with Gasteiger partial charge in [0.1, 0.15) is 11.5 Å². The van der Waals surface area contributed by atoms with Crippen LogP contribution in [0.2, 0.25) is 0 Å². The maximum Gasteiger partial charge on any atom is 0.500 e. The van der Waals surface area contributed by atoms with Crippen LogP contribution < -0.4 is 8.37 Å². The molecule has 0 spiro atoms. The van der Waals surface area contributed by atoms with Gasteiger partial charge in [0.15, 0.2) is 0 Å². The Morgan fingerprint density at radius 3 is 2.15 bits per heavy atom. The average molecular weight is 298 g/mol. The van der Waals surface area contributed by atoms with Gasteiger partial charge in [-0.25, -0.2) is 0 Å². The molecule has 0 atom stereocenters. The number of nitro groups is 1. The van der Waals surface area contributed by atoms with E-state index in [0.717, 1.165) is 12.1 Å². The minimum absolute atomic E-state index is 0.0773. The maximum atomic E-state index is 11.6. The van der Waals surface area contributed by atoms with Crippen molar-refractivity contribution in [2.45, 2.75) is 0 Å². The maximum absolute atomic E-state index is 11.6. The molecule has 0 aliphatic carbocycles. The highest BCUT2D eigenvalue weighted by Crippen LogP contribution is 2.20. The Balaban J connectivity index is 2.10. The zero-order chi connectivity index (χ0) is 14.6. The normalized spacial score (nSPS) is 10.8. The molecule has 7 nitrogen and oxygen atoms in total. The molecule has 0 aromatic heterocycles. The van der Waals surface area contributed by atoms with E-state index < -0.39 is 15.3 Å². The van der Waals surface area contributed by atoms with E-state index in [-0.39, 0.29) is 17.2 Å². The van der Waals surface area contributed by atoms with Crippen LogP contribution in [0.25, 0.3) is 0 Å². The lowest BCUT2D eigenvalue weighted by atomic mass is 10.3. The highest BCUT2D eigenvalue weighted by molar-refractivity contribution is 7.82. The molecular weight excluding hydrogens is 289 g/mol. The molecule has 0 heterocycles. The van der Waals surface area contributed by atoms with Crippen molar-refractivity contribution in [1.82, 2.24) is 0 Å². The molecule has 2 aromatic carbocycles. The number of hydrogen-bond donors (Lipinski definition) is 0. The summed E-state index contributed by atoms with van der Waals surface area (Å²) in [7, 11) is -4.29. The van der Waals surface area contributed by atoms with E-state index in [0.29, 0.717) is 0 Å². The molecule has 0 aliphatic heterocycles. The van der Waals surface area contributed by atoms with Crippen LogP contribution in [-0.2, 0) is 10.4 Å². The van der Waals surface area contributed by atoms with Gasteiger partial charge in [0.05, 0.1) is 4.92 Å². The van der Waals surface area contributed by atoms with Crippen LogP contribution in [0, 0.1) is 10.1 Å². The van der Waals surface area contributed by atoms with Crippen LogP contribution in [0.15, 0.2) is 54.6 Å². The number of benzene rings is 2. The Morgan fingerprint density at radius 1 is 1.00 bits per heavy atom. The fourth-order valence-electron chi connectivity index (χ4n) is 1.35. The largest absolute Gasteiger partial charge is 0.500 e. The second-order valence-corrected chi connectivity index (χ2v) is 4.79. The Bertz CT molecular complexity index is 696. The van der Waals surface area contributed by atoms with Crippen molar-refractivity contribution in [2.24, 2.45) is 0 Å². The van der Waals surface area contributed by atoms with E-state index in [2.05, 4.69) is 4.18 Å². The van der Waals surface area contributed by atoms with Crippen molar-refractivity contribution in [3.05, 3.63) is 64.7 Å². The van der Waals surface area contributed by atoms with Gasteiger partial charge >= 0.3 is 10.4 Å². The quantitative estimate of drug-likeness (QED) is 0.364. The predicted octanol–water partition coefficient (Wildman–Crippen LogP) is 2.30. The van der Waals surface area contributed by atoms with E-state index in [4.69, 9.17) is 4.18 Å². The second kappa shape index (κ2) is 5.57. The van der Waals surface area contributed by atoms with E-state index in [1.54, 1.807) is 18.2 Å². The van der Waals surface area contributed by atoms with Crippen molar-refractivity contribution in [1.29, 1.82) is 0 Å². The minimum Gasteiger partial charge on any atom is -0.353 e. The first-order chi connectivity index (χ1) is 9.46. The Hall–Kier alpha value is -2.61. The van der Waals surface area contributed by atoms with Crippen molar-refractivity contribution in [3.63, 3.8) is 0 Å². The van der Waals surface area contributed by atoms with Crippen molar-refractivity contribution < 1.29 is 21.7 Å². The summed E-state index contributed by atoms with van der Waals surface area (Å²) in [5.74, 6) is 0.0287. The smallest absolute Gasteiger partial charge is 0.353 e. The van der Waals surface area contributed by atoms with Gasteiger partial charge in [-0.3, -0.25) is 10.1 Å². The molecule has 20 heavy (non-hydrogen) atoms. The standard InChI is InChI=1S/C12H9NO6S/c14-13(15)10-6-8-12(9-7-10)19-20(16,17)18-11-4-2-1-3-5-11/h1-9H/i13+1,19+2. The van der Waals surface area contributed by atoms with Gasteiger partial charge in [-0.2, -0.15) is 0 Å². The highest BCUT2D eigenvalue weighted by atomic mass is 32.3. The second-order valence-electron chi connectivity index (χ2n) is 3.64. The van der Waals surface area contributed by atoms with Gasteiger partial charge in [-0.1, -0.05) is 18.2 Å². The van der Waals surface area contributed by atoms with Crippen LogP contribution in [0.3, 0.4) is 0 Å². The SMILES string of the molecule is O=[15N+]([O-])c1ccc([18O]S(=O)(=O)Oc2ccccc2)cc1. The van der Waals surface area contributed by atoms with Crippen LogP contribution in [-0.4, -0.2) is 13.3 Å². The molecule has 0 bridgehead atoms. The molecule has 0 radical (unpaired) electrons. The molecule has 104 valence electrons. The first-order valence-corrected chi connectivity index (χ1v) is 6.73. The van der Waals surface area contributed by atoms with Crippen LogP contribution >= 0.6 is 0 Å². The Kier molecular flexibility index (Phi) is 3.85. The van der Waals surface area contributed by atoms with Gasteiger partial charge in [0, 0.05) is 12.1 Å². The number of non-ortho nitro benzene ring substituents is 1. The molecule has 0 N–H and O–H groups in total. The lowest BCUT2D eigenvalue weighted by Gasteiger charge is -2.07. The third-order valence-corrected chi connectivity index (χ3v) is 2.98. The molecule has 8 heteroatoms. The van der Waals surface area contributed by atoms with Crippen molar-refractivity contribution >= 4 is 16.1 Å². The Morgan fingerprint density at radius 2 is 1.60 bits per heavy atom. The molecule has 2 aromatic rings. The molecule has 0 amide bonds. The summed E-state index contributed by atoms with van der Waals surface area (Å²) >= 11 is 0. The molecule has 2 rings (SSSR count). The third kappa shape index (κ3) is 3.69. The first kappa shape index (κ1) is 13.8. The molecule has 0 fully saturated rings. The van der Waals surface area contributed by atoms with Gasteiger partial charge < -0.3 is 8.37 Å². The number of rotatable bonds is 5. The zero-order valence-electron chi connectivity index (χ0n) is 10.0. The van der Waals surface area contributed by atoms with Crippen LogP contribution in [0.5, 0.6) is 11.5 Å². The summed E-state index contributed by atoms with van der Waals surface area (Å²) in [5.41, 5.74) is -0.168.